The van der Waals surface area contributed by atoms with Crippen LogP contribution in [0.15, 0.2) is 12.3 Å². The van der Waals surface area contributed by atoms with Gasteiger partial charge in [0.1, 0.15) is 0 Å². The van der Waals surface area contributed by atoms with Gasteiger partial charge >= 0.3 is 0 Å². The third-order valence-corrected chi connectivity index (χ3v) is 1.55. The topological polar surface area (TPSA) is 34.3 Å². The van der Waals surface area contributed by atoms with Gasteiger partial charge in [-0.05, 0) is 12.8 Å². The van der Waals surface area contributed by atoms with Crippen LogP contribution in [0.5, 0.6) is 0 Å². The summed E-state index contributed by atoms with van der Waals surface area (Å²) < 4.78 is 0. The van der Waals surface area contributed by atoms with Gasteiger partial charge in [0, 0.05) is 19.0 Å². The molecule has 1 fully saturated rings. The molecule has 0 saturated carbocycles. The lowest BCUT2D eigenvalue weighted by Gasteiger charge is -2.04. The summed E-state index contributed by atoms with van der Waals surface area (Å²) in [4.78, 5) is 0. The summed E-state index contributed by atoms with van der Waals surface area (Å²) in [7, 11) is 0. The Hall–Kier alpha value is -0.500. The predicted octanol–water partition coefficient (Wildman–Crippen LogP) is 1.21. The molecule has 1 radical (unpaired) electrons. The van der Waals surface area contributed by atoms with E-state index in [0.29, 0.717) is 12.5 Å². The summed E-state index contributed by atoms with van der Waals surface area (Å²) in [6, 6.07) is 0.363. The zero-order valence-electron chi connectivity index (χ0n) is 5.51. The van der Waals surface area contributed by atoms with Crippen molar-refractivity contribution in [1.29, 1.82) is 0 Å². The maximum atomic E-state index is 8.76. The smallest absolute Gasteiger partial charge is 0.0867 e. The van der Waals surface area contributed by atoms with Crippen LogP contribution in [-0.2, 0) is 0 Å². The molecule has 0 amide bonds. The van der Waals surface area contributed by atoms with Crippen molar-refractivity contribution >= 4 is 0 Å². The molecule has 0 aromatic heterocycles. The molecule has 1 N–H and O–H groups in total. The average molecular weight is 126 g/mol. The normalized spacial score (nSPS) is 26.4. The predicted molar refractivity (Wildman–Crippen MR) is 36.4 cm³/mol. The number of aliphatic hydroxyl groups excluding tert-OH is 1. The van der Waals surface area contributed by atoms with Crippen LogP contribution < -0.4 is 5.32 Å². The van der Waals surface area contributed by atoms with Crippen LogP contribution in [0.4, 0.5) is 0 Å². The summed E-state index contributed by atoms with van der Waals surface area (Å²) in [5.41, 5.74) is 0. The van der Waals surface area contributed by atoms with Gasteiger partial charge < -0.3 is 5.11 Å². The highest BCUT2D eigenvalue weighted by Crippen LogP contribution is 2.12. The summed E-state index contributed by atoms with van der Waals surface area (Å²) in [6.07, 6.45) is 2.97. The lowest BCUT2D eigenvalue weighted by atomic mass is 10.1. The first-order valence-corrected chi connectivity index (χ1v) is 3.32. The molecule has 1 heterocycles. The zero-order chi connectivity index (χ0) is 6.69. The largest absolute Gasteiger partial charge is 0.513 e. The summed E-state index contributed by atoms with van der Waals surface area (Å²) in [6.45, 7) is 4.38. The fraction of sp³-hybridized carbons (Fsp3) is 0.714. The molecule has 1 aliphatic rings. The maximum Gasteiger partial charge on any atom is 0.0867 e. The second-order valence-corrected chi connectivity index (χ2v) is 2.47. The van der Waals surface area contributed by atoms with E-state index in [0.717, 1.165) is 13.0 Å². The van der Waals surface area contributed by atoms with Crippen molar-refractivity contribution in [2.45, 2.75) is 25.3 Å². The number of hydrogen-bond acceptors (Lipinski definition) is 1. The standard InChI is InChI=1S/C7H12NO/c1-6(9)5-7-3-2-4-8-7/h7,9H,1-5H2. The van der Waals surface area contributed by atoms with E-state index in [1.807, 2.05) is 0 Å². The molecule has 9 heavy (non-hydrogen) atoms. The molecule has 1 unspecified atom stereocenters. The van der Waals surface area contributed by atoms with E-state index in [9.17, 15) is 0 Å². The van der Waals surface area contributed by atoms with Crippen molar-refractivity contribution in [1.82, 2.24) is 5.32 Å². The van der Waals surface area contributed by atoms with Crippen molar-refractivity contribution in [2.75, 3.05) is 6.54 Å². The minimum absolute atomic E-state index is 0.269. The lowest BCUT2D eigenvalue weighted by Crippen LogP contribution is -2.14. The Morgan fingerprint density at radius 2 is 2.56 bits per heavy atom. The van der Waals surface area contributed by atoms with Crippen LogP contribution >= 0.6 is 0 Å². The number of hydrogen-bond donors (Lipinski definition) is 1. The monoisotopic (exact) mass is 126 g/mol. The van der Waals surface area contributed by atoms with Crippen LogP contribution in [0, 0.1) is 0 Å². The summed E-state index contributed by atoms with van der Waals surface area (Å²) in [5, 5.41) is 13.0. The highest BCUT2D eigenvalue weighted by Gasteiger charge is 2.15. The molecule has 1 atom stereocenters. The molecule has 0 spiro atoms. The quantitative estimate of drug-likeness (QED) is 0.554. The van der Waals surface area contributed by atoms with E-state index in [1.165, 1.54) is 6.42 Å². The van der Waals surface area contributed by atoms with Crippen LogP contribution in [-0.4, -0.2) is 17.7 Å². The van der Waals surface area contributed by atoms with Crippen molar-refractivity contribution in [3.8, 4) is 0 Å². The van der Waals surface area contributed by atoms with Crippen LogP contribution in [0.1, 0.15) is 19.3 Å². The van der Waals surface area contributed by atoms with Crippen molar-refractivity contribution in [3.05, 3.63) is 12.3 Å². The van der Waals surface area contributed by atoms with Gasteiger partial charge in [0.2, 0.25) is 0 Å². The first-order chi connectivity index (χ1) is 4.29. The highest BCUT2D eigenvalue weighted by molar-refractivity contribution is 4.87. The lowest BCUT2D eigenvalue weighted by molar-refractivity contribution is 0.368. The minimum Gasteiger partial charge on any atom is -0.513 e. The number of nitrogens with zero attached hydrogens (tertiary/aromatic N) is 1. The van der Waals surface area contributed by atoms with Gasteiger partial charge in [-0.25, -0.2) is 5.32 Å². The maximum absolute atomic E-state index is 8.76. The van der Waals surface area contributed by atoms with Gasteiger partial charge in [-0.2, -0.15) is 0 Å². The minimum atomic E-state index is 0.269. The van der Waals surface area contributed by atoms with Gasteiger partial charge in [-0.15, -0.1) is 0 Å². The van der Waals surface area contributed by atoms with E-state index < -0.39 is 0 Å². The Bertz CT molecular complexity index is 105. The fourth-order valence-corrected chi connectivity index (χ4v) is 1.13. The summed E-state index contributed by atoms with van der Waals surface area (Å²) >= 11 is 0. The molecular formula is C7H12NO. The van der Waals surface area contributed by atoms with Crippen LogP contribution in [0.25, 0.3) is 0 Å². The van der Waals surface area contributed by atoms with E-state index in [4.69, 9.17) is 5.11 Å². The average Bonchev–Trinajstić information content (AvgIpc) is 2.15. The van der Waals surface area contributed by atoms with Gasteiger partial charge in [-0.3, -0.25) is 0 Å². The van der Waals surface area contributed by atoms with Gasteiger partial charge in [0.15, 0.2) is 0 Å². The first kappa shape index (κ1) is 6.62. The highest BCUT2D eigenvalue weighted by atomic mass is 16.3. The Balaban J connectivity index is 2.19. The molecular weight excluding hydrogens is 114 g/mol. The van der Waals surface area contributed by atoms with E-state index >= 15 is 0 Å². The number of rotatable bonds is 2. The summed E-state index contributed by atoms with van der Waals surface area (Å²) in [5.74, 6) is 0.269. The SMILES string of the molecule is C=C(O)CC1CCC[N]1. The molecule has 0 bridgehead atoms. The Labute approximate surface area is 55.6 Å². The third kappa shape index (κ3) is 2.06. The Morgan fingerprint density at radius 3 is 3.00 bits per heavy atom. The van der Waals surface area contributed by atoms with Gasteiger partial charge in [0.05, 0.1) is 5.76 Å². The molecule has 0 aromatic carbocycles. The van der Waals surface area contributed by atoms with E-state index in [-0.39, 0.29) is 5.76 Å². The second kappa shape index (κ2) is 2.87. The molecule has 0 aliphatic carbocycles. The third-order valence-electron chi connectivity index (χ3n) is 1.55. The zero-order valence-corrected chi connectivity index (χ0v) is 5.51. The van der Waals surface area contributed by atoms with Gasteiger partial charge in [-0.1, -0.05) is 6.58 Å². The fourth-order valence-electron chi connectivity index (χ4n) is 1.13. The van der Waals surface area contributed by atoms with Crippen molar-refractivity contribution in [3.63, 3.8) is 0 Å². The molecule has 51 valence electrons. The first-order valence-electron chi connectivity index (χ1n) is 3.32. The molecule has 2 heteroatoms. The molecule has 1 rings (SSSR count). The van der Waals surface area contributed by atoms with E-state index in [2.05, 4.69) is 11.9 Å². The van der Waals surface area contributed by atoms with Crippen LogP contribution in [0.2, 0.25) is 0 Å². The molecule has 1 aliphatic heterocycles. The van der Waals surface area contributed by atoms with Crippen LogP contribution in [0.3, 0.4) is 0 Å². The second-order valence-electron chi connectivity index (χ2n) is 2.47. The molecule has 0 aromatic rings. The Morgan fingerprint density at radius 1 is 1.78 bits per heavy atom. The van der Waals surface area contributed by atoms with Crippen molar-refractivity contribution in [2.24, 2.45) is 0 Å². The van der Waals surface area contributed by atoms with Crippen molar-refractivity contribution < 1.29 is 5.11 Å². The van der Waals surface area contributed by atoms with E-state index in [1.54, 1.807) is 0 Å². The molecule has 2 nitrogen and oxygen atoms in total. The number of aliphatic hydroxyl groups is 1. The van der Waals surface area contributed by atoms with Gasteiger partial charge in [0.25, 0.3) is 0 Å². The Kier molecular flexibility index (Phi) is 2.11. The molecule has 1 saturated heterocycles.